The lowest BCUT2D eigenvalue weighted by molar-refractivity contribution is -0.119. The van der Waals surface area contributed by atoms with Crippen molar-refractivity contribution in [2.45, 2.75) is 38.7 Å². The number of methoxy groups -OCH3 is 1. The molecule has 1 atom stereocenters. The molecule has 1 aromatic heterocycles. The van der Waals surface area contributed by atoms with Crippen molar-refractivity contribution in [3.63, 3.8) is 0 Å². The van der Waals surface area contributed by atoms with Crippen molar-refractivity contribution < 1.29 is 14.1 Å². The van der Waals surface area contributed by atoms with Crippen LogP contribution >= 0.6 is 0 Å². The maximum Gasteiger partial charge on any atom is 0.234 e. The Balaban J connectivity index is 1.98. The standard InChI is InChI=1S/C11H16N2O3/c1-3-9(15-2)11-12-10(16-13-11)6-8(14)7-4-5-7/h7,9H,3-6H2,1-2H3. The van der Waals surface area contributed by atoms with Crippen LogP contribution in [0.3, 0.4) is 0 Å². The molecule has 1 fully saturated rings. The third kappa shape index (κ3) is 2.47. The van der Waals surface area contributed by atoms with Gasteiger partial charge in [0.1, 0.15) is 11.9 Å². The van der Waals surface area contributed by atoms with Crippen LogP contribution in [-0.4, -0.2) is 23.0 Å². The highest BCUT2D eigenvalue weighted by molar-refractivity contribution is 5.84. The van der Waals surface area contributed by atoms with E-state index in [4.69, 9.17) is 9.26 Å². The predicted molar refractivity (Wildman–Crippen MR) is 55.8 cm³/mol. The molecule has 5 nitrogen and oxygen atoms in total. The lowest BCUT2D eigenvalue weighted by Gasteiger charge is -2.05. The summed E-state index contributed by atoms with van der Waals surface area (Å²) in [5.41, 5.74) is 0. The van der Waals surface area contributed by atoms with E-state index in [2.05, 4.69) is 10.1 Å². The molecular weight excluding hydrogens is 208 g/mol. The monoisotopic (exact) mass is 224 g/mol. The topological polar surface area (TPSA) is 65.2 Å². The maximum atomic E-state index is 11.5. The highest BCUT2D eigenvalue weighted by atomic mass is 16.5. The van der Waals surface area contributed by atoms with Crippen molar-refractivity contribution in [3.8, 4) is 0 Å². The molecule has 0 saturated heterocycles. The molecule has 1 heterocycles. The van der Waals surface area contributed by atoms with Crippen molar-refractivity contribution in [2.75, 3.05) is 7.11 Å². The summed E-state index contributed by atoms with van der Waals surface area (Å²) in [4.78, 5) is 15.7. The molecule has 0 aromatic carbocycles. The van der Waals surface area contributed by atoms with Gasteiger partial charge in [-0.25, -0.2) is 0 Å². The van der Waals surface area contributed by atoms with Gasteiger partial charge in [0.25, 0.3) is 0 Å². The summed E-state index contributed by atoms with van der Waals surface area (Å²) in [5.74, 6) is 1.38. The molecule has 5 heteroatoms. The first-order valence-corrected chi connectivity index (χ1v) is 5.62. The number of ketones is 1. The zero-order chi connectivity index (χ0) is 11.5. The van der Waals surface area contributed by atoms with Crippen LogP contribution < -0.4 is 0 Å². The minimum Gasteiger partial charge on any atom is -0.373 e. The fraction of sp³-hybridized carbons (Fsp3) is 0.727. The van der Waals surface area contributed by atoms with E-state index < -0.39 is 0 Å². The first kappa shape index (κ1) is 11.3. The van der Waals surface area contributed by atoms with Crippen molar-refractivity contribution in [1.82, 2.24) is 10.1 Å². The summed E-state index contributed by atoms with van der Waals surface area (Å²) in [7, 11) is 1.61. The SMILES string of the molecule is CCC(OC)c1noc(CC(=O)C2CC2)n1. The van der Waals surface area contributed by atoms with Crippen LogP contribution in [0, 0.1) is 5.92 Å². The molecule has 0 amide bonds. The number of carbonyl (C=O) groups is 1. The average molecular weight is 224 g/mol. The summed E-state index contributed by atoms with van der Waals surface area (Å²) in [6.07, 6.45) is 2.92. The lowest BCUT2D eigenvalue weighted by Crippen LogP contribution is -2.06. The summed E-state index contributed by atoms with van der Waals surface area (Å²) in [6, 6.07) is 0. The first-order valence-electron chi connectivity index (χ1n) is 5.62. The van der Waals surface area contributed by atoms with Crippen molar-refractivity contribution in [2.24, 2.45) is 5.92 Å². The fourth-order valence-corrected chi connectivity index (χ4v) is 1.62. The minimum absolute atomic E-state index is 0.145. The van der Waals surface area contributed by atoms with Crippen LogP contribution in [0.5, 0.6) is 0 Å². The van der Waals surface area contributed by atoms with Gasteiger partial charge in [-0.05, 0) is 19.3 Å². The lowest BCUT2D eigenvalue weighted by atomic mass is 10.2. The Bertz CT molecular complexity index is 367. The molecule has 1 aromatic rings. The zero-order valence-corrected chi connectivity index (χ0v) is 9.60. The number of ether oxygens (including phenoxy) is 1. The van der Waals surface area contributed by atoms with Crippen LogP contribution in [0.1, 0.15) is 44.0 Å². The number of nitrogens with zero attached hydrogens (tertiary/aromatic N) is 2. The van der Waals surface area contributed by atoms with Crippen LogP contribution in [0.25, 0.3) is 0 Å². The number of rotatable bonds is 6. The molecule has 16 heavy (non-hydrogen) atoms. The normalized spacial score (nSPS) is 17.4. The van der Waals surface area contributed by atoms with Gasteiger partial charge in [0.15, 0.2) is 0 Å². The molecule has 0 aliphatic heterocycles. The fourth-order valence-electron chi connectivity index (χ4n) is 1.62. The van der Waals surface area contributed by atoms with E-state index in [-0.39, 0.29) is 24.2 Å². The molecule has 1 saturated carbocycles. The predicted octanol–water partition coefficient (Wildman–Crippen LogP) is 1.69. The quantitative estimate of drug-likeness (QED) is 0.735. The molecule has 2 rings (SSSR count). The van der Waals surface area contributed by atoms with Gasteiger partial charge < -0.3 is 9.26 Å². The highest BCUT2D eigenvalue weighted by Gasteiger charge is 2.30. The second-order valence-corrected chi connectivity index (χ2v) is 4.10. The van der Waals surface area contributed by atoms with Gasteiger partial charge in [0.05, 0.1) is 6.42 Å². The van der Waals surface area contributed by atoms with Crippen molar-refractivity contribution in [1.29, 1.82) is 0 Å². The van der Waals surface area contributed by atoms with Gasteiger partial charge in [-0.3, -0.25) is 4.79 Å². The van der Waals surface area contributed by atoms with E-state index in [1.54, 1.807) is 7.11 Å². The largest absolute Gasteiger partial charge is 0.373 e. The first-order chi connectivity index (χ1) is 7.74. The van der Waals surface area contributed by atoms with Crippen molar-refractivity contribution >= 4 is 5.78 Å². The number of Topliss-reactive ketones (excluding diaryl/α,β-unsaturated/α-hetero) is 1. The summed E-state index contributed by atoms with van der Waals surface area (Å²) < 4.78 is 10.2. The maximum absolute atomic E-state index is 11.5. The molecule has 88 valence electrons. The molecule has 1 aliphatic rings. The average Bonchev–Trinajstić information content (AvgIpc) is 3.04. The molecule has 0 N–H and O–H groups in total. The highest BCUT2D eigenvalue weighted by Crippen LogP contribution is 2.30. The Hall–Kier alpha value is -1.23. The van der Waals surface area contributed by atoms with Gasteiger partial charge in [-0.1, -0.05) is 12.1 Å². The second-order valence-electron chi connectivity index (χ2n) is 4.10. The Kier molecular flexibility index (Phi) is 3.33. The Labute approximate surface area is 94.2 Å². The number of carbonyl (C=O) groups excluding carboxylic acids is 1. The second kappa shape index (κ2) is 4.74. The number of hydrogen-bond acceptors (Lipinski definition) is 5. The smallest absolute Gasteiger partial charge is 0.234 e. The third-order valence-electron chi connectivity index (χ3n) is 2.79. The van der Waals surface area contributed by atoms with Crippen LogP contribution in [0.15, 0.2) is 4.52 Å². The molecule has 1 aliphatic carbocycles. The summed E-state index contributed by atoms with van der Waals surface area (Å²) in [5, 5.41) is 3.83. The summed E-state index contributed by atoms with van der Waals surface area (Å²) >= 11 is 0. The molecule has 0 spiro atoms. The van der Waals surface area contributed by atoms with Crippen LogP contribution in [-0.2, 0) is 16.0 Å². The van der Waals surface area contributed by atoms with Crippen LogP contribution in [0.4, 0.5) is 0 Å². The molecular formula is C11H16N2O3. The van der Waals surface area contributed by atoms with Crippen molar-refractivity contribution in [3.05, 3.63) is 11.7 Å². The Morgan fingerprint density at radius 2 is 2.38 bits per heavy atom. The third-order valence-corrected chi connectivity index (χ3v) is 2.79. The summed E-state index contributed by atoms with van der Waals surface area (Å²) in [6.45, 7) is 1.99. The Morgan fingerprint density at radius 3 is 2.94 bits per heavy atom. The van der Waals surface area contributed by atoms with E-state index in [1.807, 2.05) is 6.92 Å². The minimum atomic E-state index is -0.145. The van der Waals surface area contributed by atoms with Gasteiger partial charge in [0.2, 0.25) is 11.7 Å². The molecule has 0 bridgehead atoms. The Morgan fingerprint density at radius 1 is 1.62 bits per heavy atom. The molecule has 1 unspecified atom stereocenters. The van der Waals surface area contributed by atoms with Gasteiger partial charge >= 0.3 is 0 Å². The van der Waals surface area contributed by atoms with Gasteiger partial charge in [-0.15, -0.1) is 0 Å². The van der Waals surface area contributed by atoms with E-state index in [1.165, 1.54) is 0 Å². The van der Waals surface area contributed by atoms with E-state index in [0.717, 1.165) is 19.3 Å². The number of aromatic nitrogens is 2. The number of hydrogen-bond donors (Lipinski definition) is 0. The zero-order valence-electron chi connectivity index (χ0n) is 9.60. The van der Waals surface area contributed by atoms with Crippen LogP contribution in [0.2, 0.25) is 0 Å². The molecule has 0 radical (unpaired) electrons. The van der Waals surface area contributed by atoms with E-state index in [0.29, 0.717) is 11.7 Å². The van der Waals surface area contributed by atoms with E-state index >= 15 is 0 Å². The van der Waals surface area contributed by atoms with Gasteiger partial charge in [0, 0.05) is 13.0 Å². The van der Waals surface area contributed by atoms with E-state index in [9.17, 15) is 4.79 Å². The van der Waals surface area contributed by atoms with Gasteiger partial charge in [-0.2, -0.15) is 4.98 Å².